The van der Waals surface area contributed by atoms with Crippen molar-refractivity contribution in [3.63, 3.8) is 0 Å². The number of hydrogen-bond donors (Lipinski definition) is 1. The molecule has 0 saturated carbocycles. The van der Waals surface area contributed by atoms with Gasteiger partial charge in [0.25, 0.3) is 5.91 Å². The molecule has 2 aromatic rings. The summed E-state index contributed by atoms with van der Waals surface area (Å²) in [6.45, 7) is 4.33. The maximum absolute atomic E-state index is 11.8. The molecule has 0 saturated heterocycles. The van der Waals surface area contributed by atoms with E-state index in [-0.39, 0.29) is 5.15 Å². The molecule has 0 aliphatic carbocycles. The summed E-state index contributed by atoms with van der Waals surface area (Å²) in [5.41, 5.74) is 1.08. The lowest BCUT2D eigenvalue weighted by Crippen LogP contribution is -2.20. The van der Waals surface area contributed by atoms with E-state index in [1.807, 2.05) is 13.8 Å². The number of rotatable bonds is 9. The van der Waals surface area contributed by atoms with E-state index in [4.69, 9.17) is 25.8 Å². The Bertz CT molecular complexity index is 854. The van der Waals surface area contributed by atoms with E-state index < -0.39 is 18.5 Å². The Kier molecular flexibility index (Phi) is 8.30. The van der Waals surface area contributed by atoms with Crippen LogP contribution in [-0.2, 0) is 14.3 Å². The lowest BCUT2D eigenvalue weighted by molar-refractivity contribution is -0.142. The number of benzene rings is 1. The quantitative estimate of drug-likeness (QED) is 0.389. The SMILES string of the molecule is CCOc1ccc(/C=C/C(=O)OCC(=O)Nc2cccnc2Cl)cc1OCC. The highest BCUT2D eigenvalue weighted by Crippen LogP contribution is 2.29. The highest BCUT2D eigenvalue weighted by molar-refractivity contribution is 6.32. The first-order chi connectivity index (χ1) is 13.5. The molecule has 1 aromatic carbocycles. The Morgan fingerprint density at radius 1 is 1.14 bits per heavy atom. The molecule has 7 nitrogen and oxygen atoms in total. The number of nitrogens with zero attached hydrogens (tertiary/aromatic N) is 1. The van der Waals surface area contributed by atoms with Gasteiger partial charge in [-0.3, -0.25) is 4.79 Å². The Hall–Kier alpha value is -3.06. The molecule has 28 heavy (non-hydrogen) atoms. The molecule has 1 heterocycles. The van der Waals surface area contributed by atoms with Gasteiger partial charge >= 0.3 is 5.97 Å². The Balaban J connectivity index is 1.90. The topological polar surface area (TPSA) is 86.8 Å². The van der Waals surface area contributed by atoms with Gasteiger partial charge in [-0.25, -0.2) is 9.78 Å². The molecule has 0 atom stereocenters. The van der Waals surface area contributed by atoms with Gasteiger partial charge in [-0.15, -0.1) is 0 Å². The van der Waals surface area contributed by atoms with Crippen molar-refractivity contribution >= 4 is 35.2 Å². The summed E-state index contributed by atoms with van der Waals surface area (Å²) in [5, 5.41) is 2.67. The number of ether oxygens (including phenoxy) is 3. The number of anilines is 1. The van der Waals surface area contributed by atoms with Crippen LogP contribution in [0.1, 0.15) is 19.4 Å². The Morgan fingerprint density at radius 3 is 2.61 bits per heavy atom. The fourth-order valence-electron chi connectivity index (χ4n) is 2.19. The van der Waals surface area contributed by atoms with E-state index in [9.17, 15) is 9.59 Å². The monoisotopic (exact) mass is 404 g/mol. The van der Waals surface area contributed by atoms with Crippen LogP contribution in [0.3, 0.4) is 0 Å². The summed E-state index contributed by atoms with van der Waals surface area (Å²) < 4.78 is 16.0. The van der Waals surface area contributed by atoms with Crippen LogP contribution < -0.4 is 14.8 Å². The summed E-state index contributed by atoms with van der Waals surface area (Å²) in [5.74, 6) is 0.0537. The van der Waals surface area contributed by atoms with Crippen LogP contribution in [0, 0.1) is 0 Å². The van der Waals surface area contributed by atoms with E-state index in [2.05, 4.69) is 10.3 Å². The van der Waals surface area contributed by atoms with Crippen molar-refractivity contribution in [2.45, 2.75) is 13.8 Å². The second kappa shape index (κ2) is 10.9. The number of carbonyl (C=O) groups is 2. The van der Waals surface area contributed by atoms with Gasteiger partial charge in [-0.1, -0.05) is 17.7 Å². The highest BCUT2D eigenvalue weighted by Gasteiger charge is 2.09. The average Bonchev–Trinajstić information content (AvgIpc) is 2.68. The predicted octanol–water partition coefficient (Wildman–Crippen LogP) is 3.73. The van der Waals surface area contributed by atoms with E-state index in [1.54, 1.807) is 36.4 Å². The fraction of sp³-hybridized carbons (Fsp3) is 0.250. The third-order valence-electron chi connectivity index (χ3n) is 3.36. The van der Waals surface area contributed by atoms with Gasteiger partial charge in [-0.05, 0) is 49.8 Å². The number of hydrogen-bond acceptors (Lipinski definition) is 6. The van der Waals surface area contributed by atoms with Crippen molar-refractivity contribution in [1.29, 1.82) is 0 Å². The van der Waals surface area contributed by atoms with E-state index >= 15 is 0 Å². The van der Waals surface area contributed by atoms with Crippen LogP contribution >= 0.6 is 11.6 Å². The lowest BCUT2D eigenvalue weighted by Gasteiger charge is -2.11. The van der Waals surface area contributed by atoms with Crippen LogP contribution in [0.25, 0.3) is 6.08 Å². The van der Waals surface area contributed by atoms with Gasteiger partial charge in [0.2, 0.25) is 0 Å². The van der Waals surface area contributed by atoms with Gasteiger partial charge in [0.1, 0.15) is 0 Å². The zero-order chi connectivity index (χ0) is 20.4. The number of halogens is 1. The summed E-state index contributed by atoms with van der Waals surface area (Å²) in [7, 11) is 0. The van der Waals surface area contributed by atoms with Crippen molar-refractivity contribution in [3.8, 4) is 11.5 Å². The molecule has 1 N–H and O–H groups in total. The van der Waals surface area contributed by atoms with Gasteiger partial charge in [0.15, 0.2) is 23.3 Å². The number of amides is 1. The van der Waals surface area contributed by atoms with Gasteiger partial charge in [0, 0.05) is 12.3 Å². The zero-order valence-corrected chi connectivity index (χ0v) is 16.4. The van der Waals surface area contributed by atoms with Crippen LogP contribution in [0.5, 0.6) is 11.5 Å². The lowest BCUT2D eigenvalue weighted by atomic mass is 10.2. The molecule has 2 rings (SSSR count). The molecule has 1 amide bonds. The van der Waals surface area contributed by atoms with Crippen LogP contribution in [0.2, 0.25) is 5.15 Å². The molecule has 0 fully saturated rings. The number of aromatic nitrogens is 1. The summed E-state index contributed by atoms with van der Waals surface area (Å²) in [4.78, 5) is 27.5. The number of pyridine rings is 1. The highest BCUT2D eigenvalue weighted by atomic mass is 35.5. The average molecular weight is 405 g/mol. The van der Waals surface area contributed by atoms with Crippen molar-refractivity contribution in [3.05, 3.63) is 53.3 Å². The Labute approximate surface area is 168 Å². The van der Waals surface area contributed by atoms with E-state index in [0.29, 0.717) is 30.4 Å². The molecule has 0 radical (unpaired) electrons. The van der Waals surface area contributed by atoms with Gasteiger partial charge in [0.05, 0.1) is 18.9 Å². The van der Waals surface area contributed by atoms with Gasteiger partial charge < -0.3 is 19.5 Å². The number of carbonyl (C=O) groups excluding carboxylic acids is 2. The molecule has 148 valence electrons. The van der Waals surface area contributed by atoms with Crippen molar-refractivity contribution in [2.24, 2.45) is 0 Å². The van der Waals surface area contributed by atoms with Crippen LogP contribution in [0.4, 0.5) is 5.69 Å². The van der Waals surface area contributed by atoms with Crippen molar-refractivity contribution in [2.75, 3.05) is 25.1 Å². The zero-order valence-electron chi connectivity index (χ0n) is 15.6. The molecule has 0 spiro atoms. The minimum atomic E-state index is -0.653. The molecule has 8 heteroatoms. The smallest absolute Gasteiger partial charge is 0.331 e. The maximum Gasteiger partial charge on any atom is 0.331 e. The second-order valence-electron chi connectivity index (χ2n) is 5.40. The third-order valence-corrected chi connectivity index (χ3v) is 3.66. The molecule has 1 aromatic heterocycles. The number of nitrogens with one attached hydrogen (secondary N) is 1. The van der Waals surface area contributed by atoms with E-state index in [1.165, 1.54) is 12.3 Å². The second-order valence-corrected chi connectivity index (χ2v) is 5.76. The first-order valence-corrected chi connectivity index (χ1v) is 9.06. The molecule has 0 aliphatic heterocycles. The van der Waals surface area contributed by atoms with Crippen molar-refractivity contribution in [1.82, 2.24) is 4.98 Å². The molecule has 0 aliphatic rings. The predicted molar refractivity (Wildman–Crippen MR) is 107 cm³/mol. The summed E-state index contributed by atoms with van der Waals surface area (Å²) >= 11 is 5.85. The normalized spacial score (nSPS) is 10.5. The largest absolute Gasteiger partial charge is 0.490 e. The van der Waals surface area contributed by atoms with Crippen LogP contribution in [-0.4, -0.2) is 36.7 Å². The summed E-state index contributed by atoms with van der Waals surface area (Å²) in [6, 6.07) is 8.54. The minimum Gasteiger partial charge on any atom is -0.490 e. The summed E-state index contributed by atoms with van der Waals surface area (Å²) in [6.07, 6.45) is 4.30. The molecular weight excluding hydrogens is 384 g/mol. The standard InChI is InChI=1S/C20H21ClN2O5/c1-3-26-16-9-7-14(12-17(16)27-4-2)8-10-19(25)28-13-18(24)23-15-6-5-11-22-20(15)21/h5-12H,3-4,13H2,1-2H3,(H,23,24)/b10-8+. The molecule has 0 bridgehead atoms. The molecule has 0 unspecified atom stereocenters. The Morgan fingerprint density at radius 2 is 1.89 bits per heavy atom. The van der Waals surface area contributed by atoms with Crippen molar-refractivity contribution < 1.29 is 23.8 Å². The van der Waals surface area contributed by atoms with Gasteiger partial charge in [-0.2, -0.15) is 0 Å². The molecular formula is C20H21ClN2O5. The third kappa shape index (κ3) is 6.59. The fourth-order valence-corrected chi connectivity index (χ4v) is 2.35. The van der Waals surface area contributed by atoms with Crippen LogP contribution in [0.15, 0.2) is 42.6 Å². The minimum absolute atomic E-state index is 0.155. The van der Waals surface area contributed by atoms with E-state index in [0.717, 1.165) is 5.56 Å². The first kappa shape index (κ1) is 21.2. The first-order valence-electron chi connectivity index (χ1n) is 8.68. The maximum atomic E-state index is 11.8. The number of esters is 1.